The van der Waals surface area contributed by atoms with Gasteiger partial charge in [0.15, 0.2) is 0 Å². The summed E-state index contributed by atoms with van der Waals surface area (Å²) in [5.74, 6) is 0.409. The van der Waals surface area contributed by atoms with Crippen LogP contribution in [0.25, 0.3) is 0 Å². The summed E-state index contributed by atoms with van der Waals surface area (Å²) in [6, 6.07) is 0.0663. The number of nitrogens with one attached hydrogen (secondary N) is 1. The predicted molar refractivity (Wildman–Crippen MR) is 79.6 cm³/mol. The summed E-state index contributed by atoms with van der Waals surface area (Å²) >= 11 is 0. The molecule has 1 N–H and O–H groups in total. The molecule has 2 rings (SSSR count). The van der Waals surface area contributed by atoms with Crippen molar-refractivity contribution in [2.45, 2.75) is 52.5 Å². The molecule has 118 valence electrons. The van der Waals surface area contributed by atoms with Crippen LogP contribution >= 0.6 is 0 Å². The molecule has 1 saturated heterocycles. The zero-order valence-corrected chi connectivity index (χ0v) is 13.7. The van der Waals surface area contributed by atoms with Gasteiger partial charge in [-0.25, -0.2) is 0 Å². The van der Waals surface area contributed by atoms with Crippen molar-refractivity contribution in [3.63, 3.8) is 0 Å². The monoisotopic (exact) mass is 304 g/mol. The molecule has 0 radical (unpaired) electrons. The molecule has 20 heavy (non-hydrogen) atoms. The Labute approximate surface area is 123 Å². The smallest absolute Gasteiger partial charge is 0.279 e. The SMILES string of the molecule is CC(C)(C)C1CCCCC1NS(=O)(=O)N1CCOCC1. The number of morpholine rings is 1. The maximum atomic E-state index is 12.5. The molecule has 0 spiro atoms. The third-order valence-electron chi connectivity index (χ3n) is 4.49. The second-order valence-corrected chi connectivity index (χ2v) is 8.70. The lowest BCUT2D eigenvalue weighted by Crippen LogP contribution is -2.53. The predicted octanol–water partition coefficient (Wildman–Crippen LogP) is 1.76. The van der Waals surface area contributed by atoms with Gasteiger partial charge < -0.3 is 4.74 Å². The summed E-state index contributed by atoms with van der Waals surface area (Å²) in [6.07, 6.45) is 4.38. The summed E-state index contributed by atoms with van der Waals surface area (Å²) in [7, 11) is -3.37. The highest BCUT2D eigenvalue weighted by Crippen LogP contribution is 2.38. The van der Waals surface area contributed by atoms with E-state index in [9.17, 15) is 8.42 Å². The van der Waals surface area contributed by atoms with Crippen molar-refractivity contribution < 1.29 is 13.2 Å². The topological polar surface area (TPSA) is 58.6 Å². The first kappa shape index (κ1) is 16.2. The minimum absolute atomic E-state index is 0.0663. The van der Waals surface area contributed by atoms with Crippen LogP contribution in [0.2, 0.25) is 0 Å². The Morgan fingerprint density at radius 3 is 2.30 bits per heavy atom. The lowest BCUT2D eigenvalue weighted by Gasteiger charge is -2.41. The van der Waals surface area contributed by atoms with Crippen LogP contribution in [0.4, 0.5) is 0 Å². The van der Waals surface area contributed by atoms with E-state index in [1.165, 1.54) is 10.7 Å². The van der Waals surface area contributed by atoms with Crippen molar-refractivity contribution in [3.05, 3.63) is 0 Å². The Morgan fingerprint density at radius 2 is 1.70 bits per heavy atom. The van der Waals surface area contributed by atoms with Crippen molar-refractivity contribution in [2.24, 2.45) is 11.3 Å². The molecule has 2 aliphatic rings. The molecule has 0 aromatic rings. The van der Waals surface area contributed by atoms with Crippen molar-refractivity contribution >= 4 is 10.2 Å². The third kappa shape index (κ3) is 3.93. The largest absolute Gasteiger partial charge is 0.379 e. The Balaban J connectivity index is 2.05. The van der Waals surface area contributed by atoms with Crippen LogP contribution in [0.5, 0.6) is 0 Å². The zero-order chi connectivity index (χ0) is 14.8. The molecule has 5 nitrogen and oxygen atoms in total. The van der Waals surface area contributed by atoms with E-state index >= 15 is 0 Å². The van der Waals surface area contributed by atoms with Crippen LogP contribution in [-0.4, -0.2) is 45.1 Å². The summed E-state index contributed by atoms with van der Waals surface area (Å²) < 4.78 is 34.7. The van der Waals surface area contributed by atoms with Crippen LogP contribution < -0.4 is 4.72 Å². The highest BCUT2D eigenvalue weighted by atomic mass is 32.2. The van der Waals surface area contributed by atoms with E-state index in [-0.39, 0.29) is 11.5 Å². The van der Waals surface area contributed by atoms with Crippen molar-refractivity contribution in [1.29, 1.82) is 0 Å². The summed E-state index contributed by atoms with van der Waals surface area (Å²) in [5.41, 5.74) is 0.138. The van der Waals surface area contributed by atoms with E-state index < -0.39 is 10.2 Å². The molecule has 1 heterocycles. The third-order valence-corrected chi connectivity index (χ3v) is 6.13. The highest BCUT2D eigenvalue weighted by Gasteiger charge is 2.37. The van der Waals surface area contributed by atoms with Gasteiger partial charge in [-0.2, -0.15) is 17.4 Å². The Bertz CT molecular complexity index is 411. The molecule has 0 aromatic heterocycles. The quantitative estimate of drug-likeness (QED) is 0.864. The van der Waals surface area contributed by atoms with E-state index in [1.807, 2.05) is 0 Å². The van der Waals surface area contributed by atoms with E-state index in [0.29, 0.717) is 32.2 Å². The Kier molecular flexibility index (Phi) is 5.10. The van der Waals surface area contributed by atoms with Gasteiger partial charge in [-0.1, -0.05) is 33.6 Å². The molecule has 1 aliphatic carbocycles. The van der Waals surface area contributed by atoms with Crippen LogP contribution in [0.3, 0.4) is 0 Å². The number of ether oxygens (including phenoxy) is 1. The van der Waals surface area contributed by atoms with Crippen LogP contribution in [0.1, 0.15) is 46.5 Å². The number of nitrogens with zero attached hydrogens (tertiary/aromatic N) is 1. The average Bonchev–Trinajstić information content (AvgIpc) is 2.39. The maximum Gasteiger partial charge on any atom is 0.279 e. The standard InChI is InChI=1S/C14H28N2O3S/c1-14(2,3)12-6-4-5-7-13(12)15-20(17,18)16-8-10-19-11-9-16/h12-13,15H,4-11H2,1-3H3. The fourth-order valence-corrected chi connectivity index (χ4v) is 4.80. The van der Waals surface area contributed by atoms with E-state index in [0.717, 1.165) is 19.3 Å². The molecule has 0 aromatic carbocycles. The molecular weight excluding hydrogens is 276 g/mol. The Morgan fingerprint density at radius 1 is 1.10 bits per heavy atom. The molecule has 2 atom stereocenters. The van der Waals surface area contributed by atoms with Crippen molar-refractivity contribution in [1.82, 2.24) is 9.03 Å². The Hall–Kier alpha value is -0.170. The van der Waals surface area contributed by atoms with Gasteiger partial charge in [0.05, 0.1) is 13.2 Å². The number of hydrogen-bond donors (Lipinski definition) is 1. The normalized spacial score (nSPS) is 30.4. The zero-order valence-electron chi connectivity index (χ0n) is 12.9. The molecule has 1 saturated carbocycles. The number of rotatable bonds is 3. The van der Waals surface area contributed by atoms with Gasteiger partial charge in [0.1, 0.15) is 0 Å². The van der Waals surface area contributed by atoms with E-state index in [4.69, 9.17) is 4.74 Å². The van der Waals surface area contributed by atoms with Crippen LogP contribution in [0, 0.1) is 11.3 Å². The van der Waals surface area contributed by atoms with Gasteiger partial charge in [0.2, 0.25) is 0 Å². The van der Waals surface area contributed by atoms with Gasteiger partial charge in [0.25, 0.3) is 10.2 Å². The first-order valence-corrected chi connectivity index (χ1v) is 9.10. The van der Waals surface area contributed by atoms with Gasteiger partial charge >= 0.3 is 0 Å². The molecule has 6 heteroatoms. The van der Waals surface area contributed by atoms with Gasteiger partial charge in [0, 0.05) is 19.1 Å². The molecule has 1 aliphatic heterocycles. The fourth-order valence-electron chi connectivity index (χ4n) is 3.36. The van der Waals surface area contributed by atoms with Crippen LogP contribution in [0.15, 0.2) is 0 Å². The molecule has 0 amide bonds. The molecule has 0 bridgehead atoms. The minimum Gasteiger partial charge on any atom is -0.379 e. The van der Waals surface area contributed by atoms with Gasteiger partial charge in [-0.05, 0) is 24.2 Å². The summed E-state index contributed by atoms with van der Waals surface area (Å²) in [6.45, 7) is 8.53. The lowest BCUT2D eigenvalue weighted by molar-refractivity contribution is 0.0712. The first-order chi connectivity index (χ1) is 9.31. The molecule has 2 fully saturated rings. The lowest BCUT2D eigenvalue weighted by atomic mass is 9.70. The minimum atomic E-state index is -3.37. The van der Waals surface area contributed by atoms with E-state index in [2.05, 4.69) is 25.5 Å². The van der Waals surface area contributed by atoms with Crippen molar-refractivity contribution in [2.75, 3.05) is 26.3 Å². The second kappa shape index (κ2) is 6.30. The van der Waals surface area contributed by atoms with Gasteiger partial charge in [-0.3, -0.25) is 0 Å². The maximum absolute atomic E-state index is 12.5. The molecule has 2 unspecified atom stereocenters. The van der Waals surface area contributed by atoms with E-state index in [1.54, 1.807) is 0 Å². The summed E-state index contributed by atoms with van der Waals surface area (Å²) in [5, 5.41) is 0. The second-order valence-electron chi connectivity index (χ2n) is 7.00. The van der Waals surface area contributed by atoms with Crippen molar-refractivity contribution in [3.8, 4) is 0 Å². The van der Waals surface area contributed by atoms with Crippen LogP contribution in [-0.2, 0) is 14.9 Å². The van der Waals surface area contributed by atoms with Gasteiger partial charge in [-0.15, -0.1) is 0 Å². The first-order valence-electron chi connectivity index (χ1n) is 7.66. The number of hydrogen-bond acceptors (Lipinski definition) is 3. The fraction of sp³-hybridized carbons (Fsp3) is 1.00. The summed E-state index contributed by atoms with van der Waals surface area (Å²) in [4.78, 5) is 0. The average molecular weight is 304 g/mol. The highest BCUT2D eigenvalue weighted by molar-refractivity contribution is 7.87. The molecular formula is C14H28N2O3S.